The number of hydrogen-bond acceptors (Lipinski definition) is 5. The van der Waals surface area contributed by atoms with Crippen LogP contribution in [0, 0.1) is 11.3 Å². The molecule has 8 heteroatoms. The standard InChI is InChI=1S/C15H16O8/c1-4-8-11(13(19)20)7(12(17)18)6-9(23-10(16)5-2)15(8,3)14(21)22/h5-6,8H,2,4H2,1,3H3,(H,17,18)(H,19,20)(H,21,22). The van der Waals surface area contributed by atoms with Crippen LogP contribution in [-0.4, -0.2) is 39.2 Å². The van der Waals surface area contributed by atoms with Crippen molar-refractivity contribution in [2.75, 3.05) is 0 Å². The second-order valence-electron chi connectivity index (χ2n) is 5.04. The first-order valence-corrected chi connectivity index (χ1v) is 6.61. The Bertz CT molecular complexity index is 654. The van der Waals surface area contributed by atoms with Crippen molar-refractivity contribution in [2.45, 2.75) is 20.3 Å². The van der Waals surface area contributed by atoms with Gasteiger partial charge in [0.05, 0.1) is 11.1 Å². The molecular formula is C15H16O8. The zero-order valence-electron chi connectivity index (χ0n) is 12.5. The number of carboxylic acid groups (broad SMARTS) is 3. The van der Waals surface area contributed by atoms with Gasteiger partial charge in [0.15, 0.2) is 0 Å². The minimum Gasteiger partial charge on any atom is -0.480 e. The lowest BCUT2D eigenvalue weighted by molar-refractivity contribution is -0.153. The lowest BCUT2D eigenvalue weighted by Crippen LogP contribution is -2.44. The lowest BCUT2D eigenvalue weighted by atomic mass is 9.66. The van der Waals surface area contributed by atoms with Crippen LogP contribution in [0.2, 0.25) is 0 Å². The molecule has 0 saturated carbocycles. The van der Waals surface area contributed by atoms with E-state index in [1.807, 2.05) is 0 Å². The zero-order chi connectivity index (χ0) is 17.9. The minimum absolute atomic E-state index is 0.0180. The highest BCUT2D eigenvalue weighted by Gasteiger charge is 2.53. The fourth-order valence-corrected chi connectivity index (χ4v) is 2.60. The van der Waals surface area contributed by atoms with Crippen molar-refractivity contribution in [3.05, 3.63) is 35.6 Å². The molecule has 0 heterocycles. The Morgan fingerprint density at radius 3 is 2.17 bits per heavy atom. The second kappa shape index (κ2) is 6.47. The van der Waals surface area contributed by atoms with Crippen LogP contribution in [0.25, 0.3) is 0 Å². The molecule has 0 fully saturated rings. The van der Waals surface area contributed by atoms with Crippen molar-refractivity contribution < 1.29 is 39.2 Å². The smallest absolute Gasteiger partial charge is 0.336 e. The van der Waals surface area contributed by atoms with Gasteiger partial charge in [0.25, 0.3) is 0 Å². The third kappa shape index (κ3) is 3.01. The SMILES string of the molecule is C=CC(=O)OC1=CC(C(=O)O)=C(C(=O)O)C(CC)C1(C)C(=O)O. The highest BCUT2D eigenvalue weighted by Crippen LogP contribution is 2.47. The first kappa shape index (κ1) is 18.1. The summed E-state index contributed by atoms with van der Waals surface area (Å²) in [5, 5.41) is 28.1. The van der Waals surface area contributed by atoms with Crippen LogP contribution in [0.15, 0.2) is 35.6 Å². The van der Waals surface area contributed by atoms with E-state index >= 15 is 0 Å². The van der Waals surface area contributed by atoms with Crippen LogP contribution in [0.1, 0.15) is 20.3 Å². The molecular weight excluding hydrogens is 308 g/mol. The molecule has 2 unspecified atom stereocenters. The molecule has 0 aromatic carbocycles. The second-order valence-corrected chi connectivity index (χ2v) is 5.04. The quantitative estimate of drug-likeness (QED) is 0.489. The molecule has 3 N–H and O–H groups in total. The third-order valence-corrected chi connectivity index (χ3v) is 3.81. The predicted molar refractivity (Wildman–Crippen MR) is 76.2 cm³/mol. The van der Waals surface area contributed by atoms with Gasteiger partial charge in [0, 0.05) is 12.0 Å². The number of hydrogen-bond donors (Lipinski definition) is 3. The molecule has 0 spiro atoms. The maximum absolute atomic E-state index is 11.7. The monoisotopic (exact) mass is 324 g/mol. The van der Waals surface area contributed by atoms with Crippen molar-refractivity contribution >= 4 is 23.9 Å². The van der Waals surface area contributed by atoms with E-state index < -0.39 is 52.1 Å². The summed E-state index contributed by atoms with van der Waals surface area (Å²) >= 11 is 0. The largest absolute Gasteiger partial charge is 0.480 e. The number of rotatable bonds is 6. The number of carbonyl (C=O) groups excluding carboxylic acids is 1. The highest BCUT2D eigenvalue weighted by molar-refractivity contribution is 6.03. The van der Waals surface area contributed by atoms with E-state index in [0.29, 0.717) is 0 Å². The first-order chi connectivity index (χ1) is 10.6. The van der Waals surface area contributed by atoms with Crippen molar-refractivity contribution in [1.82, 2.24) is 0 Å². The Kier molecular flexibility index (Phi) is 5.11. The van der Waals surface area contributed by atoms with E-state index in [-0.39, 0.29) is 6.42 Å². The van der Waals surface area contributed by atoms with Gasteiger partial charge in [-0.05, 0) is 19.4 Å². The molecule has 0 amide bonds. The Morgan fingerprint density at radius 2 is 1.83 bits per heavy atom. The Morgan fingerprint density at radius 1 is 1.26 bits per heavy atom. The molecule has 0 aromatic heterocycles. The maximum atomic E-state index is 11.7. The summed E-state index contributed by atoms with van der Waals surface area (Å²) in [7, 11) is 0. The highest BCUT2D eigenvalue weighted by atomic mass is 16.5. The van der Waals surface area contributed by atoms with E-state index in [9.17, 15) is 34.5 Å². The number of ether oxygens (including phenoxy) is 1. The molecule has 2 atom stereocenters. The molecule has 23 heavy (non-hydrogen) atoms. The topological polar surface area (TPSA) is 138 Å². The summed E-state index contributed by atoms with van der Waals surface area (Å²) < 4.78 is 4.89. The maximum Gasteiger partial charge on any atom is 0.336 e. The fraction of sp³-hybridized carbons (Fsp3) is 0.333. The third-order valence-electron chi connectivity index (χ3n) is 3.81. The van der Waals surface area contributed by atoms with Crippen LogP contribution in [-0.2, 0) is 23.9 Å². The summed E-state index contributed by atoms with van der Waals surface area (Å²) in [6.45, 7) is 5.89. The average molecular weight is 324 g/mol. The molecule has 1 rings (SSSR count). The fourth-order valence-electron chi connectivity index (χ4n) is 2.60. The molecule has 8 nitrogen and oxygen atoms in total. The lowest BCUT2D eigenvalue weighted by Gasteiger charge is -2.38. The molecule has 1 aliphatic rings. The molecule has 124 valence electrons. The Balaban J connectivity index is 3.73. The molecule has 0 aliphatic heterocycles. The van der Waals surface area contributed by atoms with Gasteiger partial charge in [-0.25, -0.2) is 14.4 Å². The van der Waals surface area contributed by atoms with E-state index in [1.165, 1.54) is 13.8 Å². The molecule has 0 aromatic rings. The van der Waals surface area contributed by atoms with Crippen molar-refractivity contribution in [3.8, 4) is 0 Å². The van der Waals surface area contributed by atoms with Gasteiger partial charge in [-0.1, -0.05) is 13.5 Å². The summed E-state index contributed by atoms with van der Waals surface area (Å²) in [5.74, 6) is -7.13. The van der Waals surface area contributed by atoms with Crippen LogP contribution >= 0.6 is 0 Å². The van der Waals surface area contributed by atoms with Crippen LogP contribution in [0.5, 0.6) is 0 Å². The van der Waals surface area contributed by atoms with Crippen LogP contribution < -0.4 is 0 Å². The summed E-state index contributed by atoms with van der Waals surface area (Å²) in [6, 6.07) is 0. The van der Waals surface area contributed by atoms with Gasteiger partial charge in [0.1, 0.15) is 11.2 Å². The molecule has 0 radical (unpaired) electrons. The van der Waals surface area contributed by atoms with Gasteiger partial charge < -0.3 is 20.1 Å². The van der Waals surface area contributed by atoms with Crippen molar-refractivity contribution in [3.63, 3.8) is 0 Å². The van der Waals surface area contributed by atoms with E-state index in [0.717, 1.165) is 12.2 Å². The predicted octanol–water partition coefficient (Wildman–Crippen LogP) is 1.20. The number of carboxylic acids is 3. The minimum atomic E-state index is -1.90. The van der Waals surface area contributed by atoms with E-state index in [2.05, 4.69) is 6.58 Å². The van der Waals surface area contributed by atoms with Crippen molar-refractivity contribution in [2.24, 2.45) is 11.3 Å². The first-order valence-electron chi connectivity index (χ1n) is 6.61. The van der Waals surface area contributed by atoms with E-state index in [1.54, 1.807) is 0 Å². The Labute approximate surface area is 131 Å². The summed E-state index contributed by atoms with van der Waals surface area (Å²) in [6.07, 6.45) is 1.58. The Hall–Kier alpha value is -2.90. The van der Waals surface area contributed by atoms with Gasteiger partial charge >= 0.3 is 23.9 Å². The number of aliphatic carboxylic acids is 3. The number of carbonyl (C=O) groups is 4. The molecule has 0 bridgehead atoms. The van der Waals surface area contributed by atoms with Gasteiger partial charge in [-0.15, -0.1) is 0 Å². The van der Waals surface area contributed by atoms with Crippen LogP contribution in [0.3, 0.4) is 0 Å². The summed E-state index contributed by atoms with van der Waals surface area (Å²) in [5.41, 5.74) is -3.06. The normalized spacial score (nSPS) is 23.7. The summed E-state index contributed by atoms with van der Waals surface area (Å²) in [4.78, 5) is 46.0. The molecule has 0 saturated heterocycles. The molecule has 1 aliphatic carbocycles. The van der Waals surface area contributed by atoms with Crippen molar-refractivity contribution in [1.29, 1.82) is 0 Å². The number of esters is 1. The zero-order valence-corrected chi connectivity index (χ0v) is 12.5. The van der Waals surface area contributed by atoms with Gasteiger partial charge in [-0.2, -0.15) is 0 Å². The van der Waals surface area contributed by atoms with Crippen LogP contribution in [0.4, 0.5) is 0 Å². The van der Waals surface area contributed by atoms with E-state index in [4.69, 9.17) is 4.74 Å². The van der Waals surface area contributed by atoms with Gasteiger partial charge in [0.2, 0.25) is 0 Å². The average Bonchev–Trinajstić information content (AvgIpc) is 2.47. The van der Waals surface area contributed by atoms with Gasteiger partial charge in [-0.3, -0.25) is 4.79 Å².